The van der Waals surface area contributed by atoms with E-state index in [1.165, 1.54) is 0 Å². The number of rotatable bonds is 6. The number of benzene rings is 4. The van der Waals surface area contributed by atoms with Crippen LogP contribution >= 0.6 is 0 Å². The van der Waals surface area contributed by atoms with Crippen LogP contribution in [0.25, 0.3) is 0 Å². The molecule has 0 radical (unpaired) electrons. The molecule has 1 unspecified atom stereocenters. The molecule has 0 N–H and O–H groups in total. The fourth-order valence-electron chi connectivity index (χ4n) is 6.81. The molecule has 1 spiro atoms. The lowest BCUT2D eigenvalue weighted by molar-refractivity contribution is -0.124. The van der Waals surface area contributed by atoms with E-state index < -0.39 is 11.0 Å². The Hall–Kier alpha value is -4.09. The highest BCUT2D eigenvalue weighted by Crippen LogP contribution is 2.58. The summed E-state index contributed by atoms with van der Waals surface area (Å²) in [4.78, 5) is 17.2. The fraction of sp³-hybridized carbons (Fsp3) is 0.306. The lowest BCUT2D eigenvalue weighted by atomic mass is 9.67. The largest absolute Gasteiger partial charge is 0.493 e. The van der Waals surface area contributed by atoms with Crippen LogP contribution in [0.15, 0.2) is 103 Å². The van der Waals surface area contributed by atoms with Crippen molar-refractivity contribution in [3.63, 3.8) is 0 Å². The summed E-state index contributed by atoms with van der Waals surface area (Å²) in [6.07, 6.45) is 0.533. The summed E-state index contributed by atoms with van der Waals surface area (Å²) >= 11 is 0. The number of carbonyl (C=O) groups is 1. The molecule has 0 aliphatic carbocycles. The first-order chi connectivity index (χ1) is 19.8. The normalized spacial score (nSPS) is 21.7. The molecule has 208 valence electrons. The number of hydrogen-bond acceptors (Lipinski definition) is 4. The van der Waals surface area contributed by atoms with Crippen LogP contribution in [0.3, 0.4) is 0 Å². The summed E-state index contributed by atoms with van der Waals surface area (Å²) in [6, 6.07) is 34.6. The van der Waals surface area contributed by atoms with E-state index in [1.54, 1.807) is 0 Å². The predicted molar refractivity (Wildman–Crippen MR) is 160 cm³/mol. The Bertz CT molecular complexity index is 1560. The second kappa shape index (κ2) is 9.49. The Labute approximate surface area is 241 Å². The van der Waals surface area contributed by atoms with Gasteiger partial charge in [-0.05, 0) is 42.7 Å². The average molecular weight is 546 g/mol. The Balaban J connectivity index is 1.37. The molecule has 5 heteroatoms. The number of carbonyl (C=O) groups excluding carboxylic acids is 1. The smallest absolute Gasteiger partial charge is 0.243 e. The van der Waals surface area contributed by atoms with E-state index >= 15 is 4.79 Å². The molecule has 0 aromatic heterocycles. The minimum atomic E-state index is -0.887. The van der Waals surface area contributed by atoms with Gasteiger partial charge in [0, 0.05) is 29.2 Å². The summed E-state index contributed by atoms with van der Waals surface area (Å²) in [5.74, 6) is 1.52. The summed E-state index contributed by atoms with van der Waals surface area (Å²) in [6.45, 7) is 8.30. The molecule has 1 fully saturated rings. The van der Waals surface area contributed by atoms with E-state index in [0.717, 1.165) is 33.7 Å². The van der Waals surface area contributed by atoms with Crippen molar-refractivity contribution in [1.82, 2.24) is 0 Å². The minimum absolute atomic E-state index is 0.0298. The van der Waals surface area contributed by atoms with Crippen LogP contribution in [0.4, 0.5) is 5.69 Å². The third-order valence-corrected chi connectivity index (χ3v) is 8.67. The molecule has 4 aromatic carbocycles. The molecule has 0 saturated carbocycles. The molecule has 3 heterocycles. The minimum Gasteiger partial charge on any atom is -0.493 e. The Morgan fingerprint density at radius 3 is 2.07 bits per heavy atom. The number of nitrogens with zero attached hydrogens (tertiary/aromatic N) is 1. The SMILES string of the molecule is CC1(COc2ccc3c(c2)OC(C)(C)CC32C(=O)N(C(c3ccccc3)c3ccccc3)c3ccccc32)COC1. The molecule has 3 aliphatic rings. The van der Waals surface area contributed by atoms with Crippen LogP contribution < -0.4 is 14.4 Å². The van der Waals surface area contributed by atoms with Crippen molar-refractivity contribution in [1.29, 1.82) is 0 Å². The van der Waals surface area contributed by atoms with E-state index in [4.69, 9.17) is 14.2 Å². The predicted octanol–water partition coefficient (Wildman–Crippen LogP) is 7.09. The first-order valence-corrected chi connectivity index (χ1v) is 14.4. The molecule has 1 atom stereocenters. The summed E-state index contributed by atoms with van der Waals surface area (Å²) < 4.78 is 18.2. The van der Waals surface area contributed by atoms with Gasteiger partial charge >= 0.3 is 0 Å². The first kappa shape index (κ1) is 25.8. The fourth-order valence-corrected chi connectivity index (χ4v) is 6.81. The maximum atomic E-state index is 15.2. The van der Waals surface area contributed by atoms with Crippen molar-refractivity contribution in [2.45, 2.75) is 44.2 Å². The summed E-state index contributed by atoms with van der Waals surface area (Å²) in [5.41, 5.74) is 3.56. The van der Waals surface area contributed by atoms with Crippen LogP contribution in [0, 0.1) is 5.41 Å². The van der Waals surface area contributed by atoms with Crippen LogP contribution in [-0.4, -0.2) is 31.3 Å². The van der Waals surface area contributed by atoms with Crippen molar-refractivity contribution in [2.75, 3.05) is 24.7 Å². The van der Waals surface area contributed by atoms with Gasteiger partial charge in [-0.2, -0.15) is 0 Å². The number of amides is 1. The van der Waals surface area contributed by atoms with Gasteiger partial charge in [0.05, 0.1) is 25.9 Å². The summed E-state index contributed by atoms with van der Waals surface area (Å²) in [7, 11) is 0. The molecule has 1 saturated heterocycles. The molecule has 41 heavy (non-hydrogen) atoms. The highest BCUT2D eigenvalue weighted by Gasteiger charge is 2.59. The van der Waals surface area contributed by atoms with Crippen LogP contribution in [0.5, 0.6) is 11.5 Å². The van der Waals surface area contributed by atoms with Crippen molar-refractivity contribution >= 4 is 11.6 Å². The van der Waals surface area contributed by atoms with Gasteiger partial charge in [0.1, 0.15) is 22.5 Å². The monoisotopic (exact) mass is 545 g/mol. The van der Waals surface area contributed by atoms with Crippen LogP contribution in [-0.2, 0) is 14.9 Å². The van der Waals surface area contributed by atoms with Gasteiger partial charge in [0.15, 0.2) is 0 Å². The topological polar surface area (TPSA) is 48.0 Å². The summed E-state index contributed by atoms with van der Waals surface area (Å²) in [5, 5.41) is 0. The van der Waals surface area contributed by atoms with Gasteiger partial charge in [-0.15, -0.1) is 0 Å². The maximum Gasteiger partial charge on any atom is 0.243 e. The van der Waals surface area contributed by atoms with Crippen LogP contribution in [0.2, 0.25) is 0 Å². The molecule has 3 aliphatic heterocycles. The van der Waals surface area contributed by atoms with Crippen molar-refractivity contribution in [3.05, 3.63) is 125 Å². The van der Waals surface area contributed by atoms with E-state index in [1.807, 2.05) is 71.6 Å². The van der Waals surface area contributed by atoms with Gasteiger partial charge < -0.3 is 14.2 Å². The maximum absolute atomic E-state index is 15.2. The highest BCUT2D eigenvalue weighted by molar-refractivity contribution is 6.12. The Kier molecular flexibility index (Phi) is 5.98. The molecular formula is C36H35NO4. The molecule has 1 amide bonds. The lowest BCUT2D eigenvalue weighted by Crippen LogP contribution is -2.51. The zero-order valence-electron chi connectivity index (χ0n) is 23.8. The van der Waals surface area contributed by atoms with Gasteiger partial charge in [0.2, 0.25) is 5.91 Å². The molecule has 5 nitrogen and oxygen atoms in total. The van der Waals surface area contributed by atoms with Crippen molar-refractivity contribution in [2.24, 2.45) is 5.41 Å². The zero-order valence-corrected chi connectivity index (χ0v) is 23.8. The van der Waals surface area contributed by atoms with E-state index in [-0.39, 0.29) is 17.4 Å². The van der Waals surface area contributed by atoms with Crippen LogP contribution in [0.1, 0.15) is 55.5 Å². The van der Waals surface area contributed by atoms with Gasteiger partial charge in [0.25, 0.3) is 0 Å². The van der Waals surface area contributed by atoms with E-state index in [2.05, 4.69) is 57.2 Å². The highest BCUT2D eigenvalue weighted by atomic mass is 16.5. The molecule has 4 aromatic rings. The van der Waals surface area contributed by atoms with Gasteiger partial charge in [-0.25, -0.2) is 0 Å². The standard InChI is InChI=1S/C36H35NO4/c1-34(2)21-36(29-19-18-27(20-31(29)41-34)40-24-35(3)22-39-23-35)28-16-10-11-17-30(28)37(33(36)38)32(25-12-6-4-7-13-25)26-14-8-5-9-15-26/h4-20,32H,21-24H2,1-3H3. The number of ether oxygens (including phenoxy) is 3. The quantitative estimate of drug-likeness (QED) is 0.260. The third kappa shape index (κ3) is 4.22. The number of para-hydroxylation sites is 1. The average Bonchev–Trinajstić information content (AvgIpc) is 3.19. The van der Waals surface area contributed by atoms with Gasteiger partial charge in [-0.1, -0.05) is 91.9 Å². The zero-order chi connectivity index (χ0) is 28.2. The van der Waals surface area contributed by atoms with E-state index in [0.29, 0.717) is 32.0 Å². The third-order valence-electron chi connectivity index (χ3n) is 8.67. The number of anilines is 1. The number of hydrogen-bond donors (Lipinski definition) is 0. The Morgan fingerprint density at radius 2 is 1.44 bits per heavy atom. The number of fused-ring (bicyclic) bond motifs is 4. The van der Waals surface area contributed by atoms with Crippen molar-refractivity contribution in [3.8, 4) is 11.5 Å². The Morgan fingerprint density at radius 1 is 0.805 bits per heavy atom. The van der Waals surface area contributed by atoms with Crippen molar-refractivity contribution < 1.29 is 19.0 Å². The first-order valence-electron chi connectivity index (χ1n) is 14.4. The van der Waals surface area contributed by atoms with Gasteiger partial charge in [-0.3, -0.25) is 9.69 Å². The second-order valence-corrected chi connectivity index (χ2v) is 12.6. The molecule has 7 rings (SSSR count). The van der Waals surface area contributed by atoms with E-state index in [9.17, 15) is 0 Å². The lowest BCUT2D eigenvalue weighted by Gasteiger charge is -2.44. The molecular weight excluding hydrogens is 510 g/mol. The molecule has 0 bridgehead atoms. The second-order valence-electron chi connectivity index (χ2n) is 12.6.